The third-order valence-electron chi connectivity index (χ3n) is 16.0. The van der Waals surface area contributed by atoms with Gasteiger partial charge in [-0.3, -0.25) is 33.7 Å². The molecule has 0 bridgehead atoms. The number of primary amides is 1. The number of hydrogen-bond acceptors (Lipinski definition) is 19. The van der Waals surface area contributed by atoms with Crippen LogP contribution in [0.15, 0.2) is 103 Å². The highest BCUT2D eigenvalue weighted by Gasteiger charge is 2.37. The predicted molar refractivity (Wildman–Crippen MR) is 363 cm³/mol. The number of fused-ring (bicyclic) bond motifs is 4. The van der Waals surface area contributed by atoms with Crippen LogP contribution in [0.25, 0.3) is 21.8 Å². The lowest BCUT2D eigenvalue weighted by Crippen LogP contribution is -2.54. The highest BCUT2D eigenvalue weighted by Crippen LogP contribution is 2.47. The maximum Gasteiger partial charge on any atom is 0.415 e. The van der Waals surface area contributed by atoms with Gasteiger partial charge in [0.15, 0.2) is 0 Å². The molecule has 0 aliphatic carbocycles. The average Bonchev–Trinajstić information content (AvgIpc) is 1.62. The third-order valence-corrected chi connectivity index (χ3v) is 16.4. The van der Waals surface area contributed by atoms with Gasteiger partial charge in [0.25, 0.3) is 23.6 Å². The van der Waals surface area contributed by atoms with Gasteiger partial charge in [0.05, 0.1) is 63.8 Å². The topological polar surface area (TPSA) is 394 Å². The Balaban J connectivity index is 0.869. The smallest absolute Gasteiger partial charge is 0.415 e. The highest BCUT2D eigenvalue weighted by atomic mass is 35.5. The summed E-state index contributed by atoms with van der Waals surface area (Å²) in [7, 11) is 1.48. The number of nitrogens with one attached hydrogen (secondary N) is 6. The van der Waals surface area contributed by atoms with Gasteiger partial charge in [-0.1, -0.05) is 44.2 Å². The lowest BCUT2D eigenvalue weighted by atomic mass is 9.92. The Morgan fingerprint density at radius 1 is 0.808 bits per heavy atom. The molecule has 4 atom stereocenters. The highest BCUT2D eigenvalue weighted by molar-refractivity contribution is 6.20. The first-order chi connectivity index (χ1) is 47.5. The Hall–Kier alpha value is -10.4. The van der Waals surface area contributed by atoms with Crippen molar-refractivity contribution < 1.29 is 86.6 Å². The number of halogens is 1. The van der Waals surface area contributed by atoms with Gasteiger partial charge >= 0.3 is 24.3 Å². The summed E-state index contributed by atoms with van der Waals surface area (Å²) in [4.78, 5) is 144. The molecule has 6 aromatic rings. The van der Waals surface area contributed by atoms with E-state index in [-0.39, 0.29) is 128 Å². The molecule has 4 heterocycles. The number of aromatic nitrogens is 2. The van der Waals surface area contributed by atoms with Crippen LogP contribution in [0.2, 0.25) is 0 Å². The summed E-state index contributed by atoms with van der Waals surface area (Å²) in [5.41, 5.74) is 9.48. The molecule has 31 heteroatoms. The largest absolute Gasteiger partial charge is 0.488 e. The number of imide groups is 1. The number of alkyl carbamates (subject to hydrolysis) is 1. The van der Waals surface area contributed by atoms with Crippen LogP contribution in [0.1, 0.15) is 77.1 Å². The molecule has 99 heavy (non-hydrogen) atoms. The monoisotopic (exact) mass is 1390 g/mol. The lowest BCUT2D eigenvalue weighted by molar-refractivity contribution is -0.137. The Kier molecular flexibility index (Phi) is 26.8. The van der Waals surface area contributed by atoms with Gasteiger partial charge in [-0.05, 0) is 103 Å². The van der Waals surface area contributed by atoms with Gasteiger partial charge in [-0.2, -0.15) is 0 Å². The first-order valence-electron chi connectivity index (χ1n) is 32.0. The second-order valence-electron chi connectivity index (χ2n) is 23.6. The number of aromatic amines is 1. The van der Waals surface area contributed by atoms with E-state index in [1.165, 1.54) is 23.0 Å². The Morgan fingerprint density at radius 3 is 2.24 bits per heavy atom. The van der Waals surface area contributed by atoms with Gasteiger partial charge in [0.1, 0.15) is 54.2 Å². The minimum Gasteiger partial charge on any atom is -0.488 e. The van der Waals surface area contributed by atoms with Crippen molar-refractivity contribution in [3.63, 3.8) is 0 Å². The van der Waals surface area contributed by atoms with Gasteiger partial charge in [-0.25, -0.2) is 24.2 Å². The minimum atomic E-state index is -1.16. The number of pyridine rings is 1. The van der Waals surface area contributed by atoms with Crippen LogP contribution in [0.5, 0.6) is 11.5 Å². The molecule has 0 fully saturated rings. The number of aryl methyl sites for hydroxylation is 1. The van der Waals surface area contributed by atoms with Gasteiger partial charge < -0.3 is 90.6 Å². The van der Waals surface area contributed by atoms with Crippen LogP contribution in [0.4, 0.5) is 36.2 Å². The Morgan fingerprint density at radius 2 is 1.55 bits per heavy atom. The van der Waals surface area contributed by atoms with Crippen molar-refractivity contribution in [3.8, 4) is 11.5 Å². The summed E-state index contributed by atoms with van der Waals surface area (Å²) < 4.78 is 33.6. The molecule has 0 spiro atoms. The number of amides is 11. The van der Waals surface area contributed by atoms with E-state index >= 15 is 0 Å². The SMILES string of the molecule is Cc1cccc2c(OC(=O)N(CCOCCO)CCN(C)C(=O)OCc3ccc(NC(=O)[C@H](CCCNC(N)=O)NC(=O)[C@@H](NC(=O)OCCOCCN4C(=O)C=CC4=O)C(C)C)cc3)cc3c(c12)C(CCl)CN3C(=O)c1cc2cc(NC(=O)c3ccc(OC(C)CO)cc3)cnc2[nH]1. The van der Waals surface area contributed by atoms with Crippen LogP contribution in [0.3, 0.4) is 0 Å². The first kappa shape index (κ1) is 74.4. The number of nitrogens with two attached hydrogens (primary N) is 1. The van der Waals surface area contributed by atoms with E-state index in [2.05, 4.69) is 36.6 Å². The molecular weight excluding hydrogens is 1310 g/mol. The number of carbonyl (C=O) groups is 10. The first-order valence-corrected chi connectivity index (χ1v) is 32.5. The summed E-state index contributed by atoms with van der Waals surface area (Å²) in [6.07, 6.45) is 1.13. The molecule has 2 aliphatic heterocycles. The maximum absolute atomic E-state index is 14.7. The van der Waals surface area contributed by atoms with Gasteiger partial charge in [0.2, 0.25) is 11.8 Å². The molecule has 10 N–H and O–H groups in total. The number of likely N-dealkylation sites (N-methyl/N-ethyl adjacent to an activating group) is 1. The number of urea groups is 1. The Labute approximate surface area is 574 Å². The van der Waals surface area contributed by atoms with Gasteiger partial charge in [-0.15, -0.1) is 11.6 Å². The number of carbonyl (C=O) groups excluding carboxylic acids is 10. The van der Waals surface area contributed by atoms with Crippen molar-refractivity contribution in [1.29, 1.82) is 0 Å². The zero-order chi connectivity index (χ0) is 71.3. The quantitative estimate of drug-likeness (QED) is 0.0134. The fraction of sp³-hybridized carbons (Fsp3) is 0.397. The maximum atomic E-state index is 14.7. The number of H-pyrrole nitrogens is 1. The zero-order valence-corrected chi connectivity index (χ0v) is 56.1. The molecular formula is C68H81ClN12O18. The molecule has 0 saturated heterocycles. The fourth-order valence-corrected chi connectivity index (χ4v) is 11.0. The lowest BCUT2D eigenvalue weighted by Gasteiger charge is -2.26. The summed E-state index contributed by atoms with van der Waals surface area (Å²) >= 11 is 6.67. The number of ether oxygens (including phenoxy) is 6. The van der Waals surface area contributed by atoms with E-state index in [9.17, 15) is 58.2 Å². The fourth-order valence-electron chi connectivity index (χ4n) is 10.8. The van der Waals surface area contributed by atoms with Crippen molar-refractivity contribution >= 4 is 110 Å². The van der Waals surface area contributed by atoms with E-state index in [0.717, 1.165) is 33.6 Å². The van der Waals surface area contributed by atoms with E-state index in [1.807, 2.05) is 25.1 Å². The van der Waals surface area contributed by atoms with Crippen molar-refractivity contribution in [2.45, 2.75) is 71.2 Å². The number of anilines is 3. The van der Waals surface area contributed by atoms with E-state index < -0.39 is 83.9 Å². The Bertz CT molecular complexity index is 3910. The third kappa shape index (κ3) is 20.4. The molecule has 30 nitrogen and oxygen atoms in total. The van der Waals surface area contributed by atoms with Crippen LogP contribution in [0, 0.1) is 12.8 Å². The number of aliphatic hydroxyl groups is 2. The molecule has 0 radical (unpaired) electrons. The second-order valence-corrected chi connectivity index (χ2v) is 23.9. The molecule has 0 saturated carbocycles. The van der Waals surface area contributed by atoms with E-state index in [4.69, 9.17) is 45.8 Å². The minimum absolute atomic E-state index is 0.00112. The molecule has 2 unspecified atom stereocenters. The summed E-state index contributed by atoms with van der Waals surface area (Å²) in [6, 6.07) is 20.2. The molecule has 4 aromatic carbocycles. The van der Waals surface area contributed by atoms with Crippen molar-refractivity contribution in [2.24, 2.45) is 11.7 Å². The van der Waals surface area contributed by atoms with Crippen LogP contribution in [-0.4, -0.2) is 211 Å². The second kappa shape index (κ2) is 35.7. The van der Waals surface area contributed by atoms with Crippen LogP contribution in [-0.2, 0) is 44.7 Å². The summed E-state index contributed by atoms with van der Waals surface area (Å²) in [5, 5.41) is 33.9. The van der Waals surface area contributed by atoms with Crippen molar-refractivity contribution in [1.82, 2.24) is 40.6 Å². The van der Waals surface area contributed by atoms with Gasteiger partial charge in [0, 0.05) is 91.8 Å². The number of nitrogens with zero attached hydrogens (tertiary/aromatic N) is 5. The van der Waals surface area contributed by atoms with E-state index in [0.29, 0.717) is 50.4 Å². The van der Waals surface area contributed by atoms with Crippen molar-refractivity contribution in [3.05, 3.63) is 131 Å². The van der Waals surface area contributed by atoms with Crippen LogP contribution >= 0.6 is 11.6 Å². The summed E-state index contributed by atoms with van der Waals surface area (Å²) in [5.74, 6) is -3.07. The normalized spacial score (nSPS) is 14.1. The number of benzene rings is 4. The van der Waals surface area contributed by atoms with E-state index in [1.54, 1.807) is 92.4 Å². The van der Waals surface area contributed by atoms with Crippen molar-refractivity contribution in [2.75, 3.05) is 114 Å². The number of alkyl halides is 1. The number of rotatable bonds is 34. The zero-order valence-electron chi connectivity index (χ0n) is 55.3. The average molecular weight is 1390 g/mol. The summed E-state index contributed by atoms with van der Waals surface area (Å²) in [6.45, 7) is 6.26. The molecule has 2 aromatic heterocycles. The number of hydrogen-bond donors (Lipinski definition) is 9. The molecule has 11 amide bonds. The molecule has 8 rings (SSSR count). The molecule has 2 aliphatic rings. The molecule has 528 valence electrons. The standard InChI is InChI=1S/C68H81ClN12O18/c1-40(2)59(77-66(91)96-31-30-95-28-25-80-55(84)19-20-56(80)85)63(88)76-51(10-7-21-71-65(70)90)62(87)73-47-15-11-43(12-16-47)39-97-67(92)78(5)22-23-79(24-27-94-29-26-82)68(93)99-54-34-53-58(57-41(3)8-6-9-50(54)57)46(35-69)37-81(53)64(89)52-33-45-32-48(36-72-60(45)75-52)74-61(86)44-13-17-49(18-14-44)98-42(4)38-83/h6,8-9,11-20,32-34,36,40,42,46,51,59,82-83H,7,10,21-31,35,37-39H2,1-5H3,(H,72,75)(H,73,87)(H,74,86)(H,76,88)(H,77,91)(H3,70,71,90)/t42?,46?,51-,59-/m0/s1. The van der Waals surface area contributed by atoms with Crippen LogP contribution < -0.4 is 46.7 Å². The predicted octanol–water partition coefficient (Wildman–Crippen LogP) is 5.66. The number of aliphatic hydroxyl groups excluding tert-OH is 2.